The number of nitrogens with one attached hydrogen (secondary N) is 1. The largest absolute Gasteiger partial charge is 0.573 e. The standard InChI is InChI=1S/C20H16F3N7O/c21-20(22,23)31-13-9-7-12(8-10-13)25-18-27-17(24)28-19(29-18)30-15-4-2-1-3-14(15)26-16(30)11-5-6-11/h1-4,7-11H,5-6H2,(H3,24,25,27,28,29). The van der Waals surface area contributed by atoms with Crippen LogP contribution in [-0.4, -0.2) is 30.9 Å². The number of halogens is 3. The minimum Gasteiger partial charge on any atom is -0.406 e. The first-order valence-corrected chi connectivity index (χ1v) is 9.48. The molecule has 0 radical (unpaired) electrons. The molecule has 1 fully saturated rings. The summed E-state index contributed by atoms with van der Waals surface area (Å²) in [5.74, 6) is 1.36. The monoisotopic (exact) mass is 427 g/mol. The molecule has 1 aliphatic rings. The van der Waals surface area contributed by atoms with Gasteiger partial charge in [-0.1, -0.05) is 12.1 Å². The van der Waals surface area contributed by atoms with Crippen LogP contribution in [0.25, 0.3) is 17.0 Å². The summed E-state index contributed by atoms with van der Waals surface area (Å²) < 4.78 is 42.7. The van der Waals surface area contributed by atoms with Gasteiger partial charge in [-0.3, -0.25) is 4.57 Å². The predicted molar refractivity (Wildman–Crippen MR) is 107 cm³/mol. The smallest absolute Gasteiger partial charge is 0.406 e. The SMILES string of the molecule is Nc1nc(Nc2ccc(OC(F)(F)F)cc2)nc(-n2c(C3CC3)nc3ccccc32)n1. The number of para-hydroxylation sites is 2. The summed E-state index contributed by atoms with van der Waals surface area (Å²) in [7, 11) is 0. The summed E-state index contributed by atoms with van der Waals surface area (Å²) in [6, 6.07) is 12.9. The van der Waals surface area contributed by atoms with E-state index >= 15 is 0 Å². The van der Waals surface area contributed by atoms with Gasteiger partial charge in [-0.2, -0.15) is 15.0 Å². The van der Waals surface area contributed by atoms with Gasteiger partial charge in [0.25, 0.3) is 0 Å². The van der Waals surface area contributed by atoms with Gasteiger partial charge in [0.05, 0.1) is 11.0 Å². The van der Waals surface area contributed by atoms with E-state index in [-0.39, 0.29) is 17.6 Å². The number of hydrogen-bond donors (Lipinski definition) is 2. The molecule has 11 heteroatoms. The molecule has 158 valence electrons. The summed E-state index contributed by atoms with van der Waals surface area (Å²) in [6.45, 7) is 0. The Kier molecular flexibility index (Phi) is 4.38. The maximum absolute atomic E-state index is 12.3. The average molecular weight is 427 g/mol. The third-order valence-electron chi connectivity index (χ3n) is 4.71. The number of alkyl halides is 3. The van der Waals surface area contributed by atoms with E-state index in [0.29, 0.717) is 17.6 Å². The van der Waals surface area contributed by atoms with E-state index in [1.54, 1.807) is 0 Å². The van der Waals surface area contributed by atoms with Crippen LogP contribution < -0.4 is 15.8 Å². The molecule has 0 unspecified atom stereocenters. The minimum atomic E-state index is -4.75. The first-order chi connectivity index (χ1) is 14.9. The van der Waals surface area contributed by atoms with Crippen LogP contribution in [-0.2, 0) is 0 Å². The summed E-state index contributed by atoms with van der Waals surface area (Å²) in [6.07, 6.45) is -2.66. The quantitative estimate of drug-likeness (QED) is 0.489. The van der Waals surface area contributed by atoms with Crippen LogP contribution in [0.1, 0.15) is 24.6 Å². The second-order valence-electron chi connectivity index (χ2n) is 7.08. The van der Waals surface area contributed by atoms with Crippen LogP contribution in [0.4, 0.5) is 30.8 Å². The number of nitrogen functional groups attached to an aromatic ring is 1. The van der Waals surface area contributed by atoms with Crippen molar-refractivity contribution in [3.8, 4) is 11.7 Å². The molecule has 0 atom stereocenters. The van der Waals surface area contributed by atoms with Crippen LogP contribution in [0, 0.1) is 0 Å². The number of hydrogen-bond acceptors (Lipinski definition) is 7. The average Bonchev–Trinajstić information content (AvgIpc) is 3.48. The first kappa shape index (κ1) is 19.1. The Morgan fingerprint density at radius 1 is 0.968 bits per heavy atom. The van der Waals surface area contributed by atoms with Crippen molar-refractivity contribution < 1.29 is 17.9 Å². The summed E-state index contributed by atoms with van der Waals surface area (Å²) in [5, 5.41) is 2.94. The zero-order valence-electron chi connectivity index (χ0n) is 16.0. The number of anilines is 3. The lowest BCUT2D eigenvalue weighted by Gasteiger charge is -2.11. The fraction of sp³-hybridized carbons (Fsp3) is 0.200. The molecule has 0 bridgehead atoms. The van der Waals surface area contributed by atoms with Crippen molar-refractivity contribution in [3.05, 3.63) is 54.4 Å². The van der Waals surface area contributed by atoms with Crippen LogP contribution in [0.5, 0.6) is 5.75 Å². The van der Waals surface area contributed by atoms with Crippen LogP contribution >= 0.6 is 0 Å². The molecular formula is C20H16F3N7O. The molecule has 0 aliphatic heterocycles. The van der Waals surface area contributed by atoms with Crippen molar-refractivity contribution >= 4 is 28.6 Å². The van der Waals surface area contributed by atoms with Crippen LogP contribution in [0.2, 0.25) is 0 Å². The topological polar surface area (TPSA) is 104 Å². The van der Waals surface area contributed by atoms with E-state index in [0.717, 1.165) is 29.7 Å². The number of ether oxygens (including phenoxy) is 1. The number of nitrogens with two attached hydrogens (primary N) is 1. The van der Waals surface area contributed by atoms with Crippen molar-refractivity contribution in [2.45, 2.75) is 25.1 Å². The number of benzene rings is 2. The Morgan fingerprint density at radius 2 is 1.71 bits per heavy atom. The summed E-state index contributed by atoms with van der Waals surface area (Å²) in [4.78, 5) is 17.6. The normalized spacial score (nSPS) is 14.0. The number of aromatic nitrogens is 5. The van der Waals surface area contributed by atoms with Crippen molar-refractivity contribution in [2.75, 3.05) is 11.1 Å². The third-order valence-corrected chi connectivity index (χ3v) is 4.71. The molecule has 5 rings (SSSR count). The molecule has 0 amide bonds. The number of nitrogens with zero attached hydrogens (tertiary/aromatic N) is 5. The van der Waals surface area contributed by atoms with E-state index < -0.39 is 6.36 Å². The Bertz CT molecular complexity index is 1250. The summed E-state index contributed by atoms with van der Waals surface area (Å²) >= 11 is 0. The molecule has 2 aromatic heterocycles. The predicted octanol–water partition coefficient (Wildman–Crippen LogP) is 4.31. The van der Waals surface area contributed by atoms with Gasteiger partial charge in [-0.15, -0.1) is 13.2 Å². The lowest BCUT2D eigenvalue weighted by atomic mass is 10.3. The molecular weight excluding hydrogens is 411 g/mol. The first-order valence-electron chi connectivity index (χ1n) is 9.48. The second kappa shape index (κ2) is 7.11. The van der Waals surface area contributed by atoms with Gasteiger partial charge in [-0.05, 0) is 49.2 Å². The molecule has 2 heterocycles. The van der Waals surface area contributed by atoms with Gasteiger partial charge >= 0.3 is 6.36 Å². The second-order valence-corrected chi connectivity index (χ2v) is 7.08. The Balaban J connectivity index is 1.48. The molecule has 0 spiro atoms. The lowest BCUT2D eigenvalue weighted by molar-refractivity contribution is -0.274. The summed E-state index contributed by atoms with van der Waals surface area (Å²) in [5.41, 5.74) is 8.07. The molecule has 2 aromatic carbocycles. The third kappa shape index (κ3) is 4.06. The van der Waals surface area contributed by atoms with E-state index in [9.17, 15) is 13.2 Å². The van der Waals surface area contributed by atoms with Gasteiger partial charge in [0.2, 0.25) is 17.8 Å². The molecule has 0 saturated heterocycles. The Labute approximate surface area is 173 Å². The van der Waals surface area contributed by atoms with Crippen molar-refractivity contribution in [3.63, 3.8) is 0 Å². The number of imidazole rings is 1. The maximum Gasteiger partial charge on any atom is 0.573 e. The van der Waals surface area contributed by atoms with Crippen molar-refractivity contribution in [2.24, 2.45) is 0 Å². The van der Waals surface area contributed by atoms with Crippen LogP contribution in [0.15, 0.2) is 48.5 Å². The molecule has 3 N–H and O–H groups in total. The van der Waals surface area contributed by atoms with Gasteiger partial charge in [0, 0.05) is 11.6 Å². The Morgan fingerprint density at radius 3 is 2.42 bits per heavy atom. The molecule has 31 heavy (non-hydrogen) atoms. The molecule has 4 aromatic rings. The molecule has 8 nitrogen and oxygen atoms in total. The van der Waals surface area contributed by atoms with Crippen LogP contribution in [0.3, 0.4) is 0 Å². The molecule has 1 saturated carbocycles. The Hall–Kier alpha value is -3.89. The van der Waals surface area contributed by atoms with E-state index in [2.05, 4.69) is 25.0 Å². The lowest BCUT2D eigenvalue weighted by Crippen LogP contribution is -2.17. The highest BCUT2D eigenvalue weighted by Crippen LogP contribution is 2.41. The molecule has 1 aliphatic carbocycles. The highest BCUT2D eigenvalue weighted by Gasteiger charge is 2.32. The van der Waals surface area contributed by atoms with Gasteiger partial charge in [-0.25, -0.2) is 4.98 Å². The fourth-order valence-electron chi connectivity index (χ4n) is 3.28. The minimum absolute atomic E-state index is 0.00375. The van der Waals surface area contributed by atoms with Gasteiger partial charge in [0.1, 0.15) is 11.6 Å². The van der Waals surface area contributed by atoms with Gasteiger partial charge < -0.3 is 15.8 Å². The van der Waals surface area contributed by atoms with Gasteiger partial charge in [0.15, 0.2) is 0 Å². The number of fused-ring (bicyclic) bond motifs is 1. The zero-order valence-corrected chi connectivity index (χ0v) is 16.0. The fourth-order valence-corrected chi connectivity index (χ4v) is 3.28. The van der Waals surface area contributed by atoms with E-state index in [1.807, 2.05) is 28.8 Å². The van der Waals surface area contributed by atoms with Crippen molar-refractivity contribution in [1.82, 2.24) is 24.5 Å². The highest BCUT2D eigenvalue weighted by molar-refractivity contribution is 5.78. The van der Waals surface area contributed by atoms with E-state index in [1.165, 1.54) is 24.3 Å². The highest BCUT2D eigenvalue weighted by atomic mass is 19.4. The van der Waals surface area contributed by atoms with E-state index in [4.69, 9.17) is 10.7 Å². The zero-order chi connectivity index (χ0) is 21.6. The maximum atomic E-state index is 12.3. The van der Waals surface area contributed by atoms with Crippen molar-refractivity contribution in [1.29, 1.82) is 0 Å². The number of rotatable bonds is 5.